The molecule has 31 heavy (non-hydrogen) atoms. The van der Waals surface area contributed by atoms with Crippen LogP contribution in [0.3, 0.4) is 0 Å². The Bertz CT molecular complexity index is 950. The Balaban J connectivity index is 1.64. The van der Waals surface area contributed by atoms with Crippen molar-refractivity contribution in [2.45, 2.75) is 26.5 Å². The highest BCUT2D eigenvalue weighted by atomic mass is 16.5. The van der Waals surface area contributed by atoms with Gasteiger partial charge in [-0.15, -0.1) is 0 Å². The van der Waals surface area contributed by atoms with Crippen LogP contribution in [0, 0.1) is 0 Å². The van der Waals surface area contributed by atoms with Crippen LogP contribution in [-0.2, 0) is 20.9 Å². The van der Waals surface area contributed by atoms with Crippen molar-refractivity contribution in [3.8, 4) is 0 Å². The highest BCUT2D eigenvalue weighted by Crippen LogP contribution is 2.25. The molecule has 5 nitrogen and oxygen atoms in total. The lowest BCUT2D eigenvalue weighted by Crippen LogP contribution is -2.27. The first-order valence-corrected chi connectivity index (χ1v) is 10.4. The van der Waals surface area contributed by atoms with Crippen molar-refractivity contribution in [2.75, 3.05) is 18.5 Å². The van der Waals surface area contributed by atoms with Crippen molar-refractivity contribution >= 4 is 17.5 Å². The number of nitrogens with zero attached hydrogens (tertiary/aromatic N) is 1. The van der Waals surface area contributed by atoms with E-state index in [0.717, 1.165) is 16.7 Å². The summed E-state index contributed by atoms with van der Waals surface area (Å²) in [4.78, 5) is 26.0. The molecular weight excluding hydrogens is 388 g/mol. The van der Waals surface area contributed by atoms with Crippen LogP contribution in [0.15, 0.2) is 84.9 Å². The standard InChI is InChI=1S/C26H28N2O3/c1-3-28(20(2)29)18-21-11-10-16-24(17-21)27-25(30)19-31-26(22-12-6-4-7-13-22)23-14-8-5-9-15-23/h4-17,26H,3,18-19H2,1-2H3,(H,27,30). The quantitative estimate of drug-likeness (QED) is 0.545. The minimum Gasteiger partial charge on any atom is -0.359 e. The fourth-order valence-corrected chi connectivity index (χ4v) is 3.41. The van der Waals surface area contributed by atoms with Crippen molar-refractivity contribution in [1.29, 1.82) is 0 Å². The lowest BCUT2D eigenvalue weighted by atomic mass is 10.0. The molecule has 0 heterocycles. The minimum atomic E-state index is -0.326. The number of nitrogens with one attached hydrogen (secondary N) is 1. The Morgan fingerprint density at radius 2 is 1.52 bits per heavy atom. The van der Waals surface area contributed by atoms with Crippen LogP contribution < -0.4 is 5.32 Å². The minimum absolute atomic E-state index is 0.0261. The van der Waals surface area contributed by atoms with E-state index in [-0.39, 0.29) is 24.5 Å². The number of hydrogen-bond donors (Lipinski definition) is 1. The molecule has 0 saturated heterocycles. The number of benzene rings is 3. The summed E-state index contributed by atoms with van der Waals surface area (Å²) in [6.45, 7) is 4.58. The van der Waals surface area contributed by atoms with Gasteiger partial charge in [0.25, 0.3) is 0 Å². The average molecular weight is 417 g/mol. The van der Waals surface area contributed by atoms with E-state index in [0.29, 0.717) is 18.8 Å². The Hall–Kier alpha value is -3.44. The van der Waals surface area contributed by atoms with E-state index in [9.17, 15) is 9.59 Å². The van der Waals surface area contributed by atoms with Crippen LogP contribution in [0.4, 0.5) is 5.69 Å². The third-order valence-corrected chi connectivity index (χ3v) is 5.00. The van der Waals surface area contributed by atoms with E-state index in [1.54, 1.807) is 11.8 Å². The lowest BCUT2D eigenvalue weighted by Gasteiger charge is -2.20. The van der Waals surface area contributed by atoms with Gasteiger partial charge in [0.1, 0.15) is 12.7 Å². The SMILES string of the molecule is CCN(Cc1cccc(NC(=O)COC(c2ccccc2)c2ccccc2)c1)C(C)=O. The third kappa shape index (κ3) is 6.52. The van der Waals surface area contributed by atoms with E-state index in [2.05, 4.69) is 5.32 Å². The molecule has 0 bridgehead atoms. The summed E-state index contributed by atoms with van der Waals surface area (Å²) in [6, 6.07) is 27.3. The Morgan fingerprint density at radius 1 is 0.903 bits per heavy atom. The molecule has 0 atom stereocenters. The first-order chi connectivity index (χ1) is 15.1. The average Bonchev–Trinajstić information content (AvgIpc) is 2.79. The molecule has 0 spiro atoms. The number of ether oxygens (including phenoxy) is 1. The van der Waals surface area contributed by atoms with Gasteiger partial charge in [-0.3, -0.25) is 9.59 Å². The topological polar surface area (TPSA) is 58.6 Å². The molecule has 0 unspecified atom stereocenters. The molecule has 2 amide bonds. The molecule has 0 fully saturated rings. The molecule has 0 aliphatic rings. The van der Waals surface area contributed by atoms with Gasteiger partial charge >= 0.3 is 0 Å². The summed E-state index contributed by atoms with van der Waals surface area (Å²) in [7, 11) is 0. The summed E-state index contributed by atoms with van der Waals surface area (Å²) in [6.07, 6.45) is -0.326. The van der Waals surface area contributed by atoms with Gasteiger partial charge in [0.2, 0.25) is 11.8 Å². The van der Waals surface area contributed by atoms with Crippen LogP contribution in [0.25, 0.3) is 0 Å². The zero-order valence-electron chi connectivity index (χ0n) is 18.0. The second-order valence-corrected chi connectivity index (χ2v) is 7.29. The summed E-state index contributed by atoms with van der Waals surface area (Å²) in [5.74, 6) is -0.203. The van der Waals surface area contributed by atoms with Gasteiger partial charge in [-0.05, 0) is 35.7 Å². The van der Waals surface area contributed by atoms with Gasteiger partial charge in [0.05, 0.1) is 0 Å². The van der Waals surface area contributed by atoms with Crippen molar-refractivity contribution in [2.24, 2.45) is 0 Å². The van der Waals surface area contributed by atoms with E-state index in [1.807, 2.05) is 91.9 Å². The van der Waals surface area contributed by atoms with E-state index < -0.39 is 0 Å². The fraction of sp³-hybridized carbons (Fsp3) is 0.231. The molecule has 1 N–H and O–H groups in total. The number of hydrogen-bond acceptors (Lipinski definition) is 3. The van der Waals surface area contributed by atoms with Gasteiger partial charge in [0.15, 0.2) is 0 Å². The third-order valence-electron chi connectivity index (χ3n) is 5.00. The second kappa shape index (κ2) is 11.1. The van der Waals surface area contributed by atoms with Crippen molar-refractivity contribution in [3.05, 3.63) is 102 Å². The van der Waals surface area contributed by atoms with Gasteiger partial charge < -0.3 is 15.0 Å². The van der Waals surface area contributed by atoms with Gasteiger partial charge in [-0.2, -0.15) is 0 Å². The maximum absolute atomic E-state index is 12.6. The fourth-order valence-electron chi connectivity index (χ4n) is 3.41. The van der Waals surface area contributed by atoms with Crippen LogP contribution in [0.5, 0.6) is 0 Å². The molecule has 0 aliphatic heterocycles. The van der Waals surface area contributed by atoms with Gasteiger partial charge in [-0.1, -0.05) is 72.8 Å². The largest absolute Gasteiger partial charge is 0.359 e. The number of anilines is 1. The molecule has 3 aromatic rings. The normalized spacial score (nSPS) is 10.7. The van der Waals surface area contributed by atoms with Crippen LogP contribution in [0.1, 0.15) is 36.6 Å². The second-order valence-electron chi connectivity index (χ2n) is 7.29. The summed E-state index contributed by atoms with van der Waals surface area (Å²) in [5.41, 5.74) is 3.63. The van der Waals surface area contributed by atoms with Crippen molar-refractivity contribution < 1.29 is 14.3 Å². The molecule has 0 saturated carbocycles. The van der Waals surface area contributed by atoms with E-state index in [4.69, 9.17) is 4.74 Å². The molecule has 5 heteroatoms. The molecule has 0 radical (unpaired) electrons. The van der Waals surface area contributed by atoms with Crippen LogP contribution >= 0.6 is 0 Å². The lowest BCUT2D eigenvalue weighted by molar-refractivity contribution is -0.129. The highest BCUT2D eigenvalue weighted by Gasteiger charge is 2.16. The first kappa shape index (κ1) is 22.2. The molecule has 0 aromatic heterocycles. The summed E-state index contributed by atoms with van der Waals surface area (Å²) in [5, 5.41) is 2.89. The maximum Gasteiger partial charge on any atom is 0.250 e. The predicted octanol–water partition coefficient (Wildman–Crippen LogP) is 4.80. The smallest absolute Gasteiger partial charge is 0.250 e. The number of rotatable bonds is 9. The molecule has 0 aliphatic carbocycles. The summed E-state index contributed by atoms with van der Waals surface area (Å²) < 4.78 is 6.03. The Morgan fingerprint density at radius 3 is 2.06 bits per heavy atom. The number of amides is 2. The van der Waals surface area contributed by atoms with E-state index in [1.165, 1.54) is 0 Å². The zero-order chi connectivity index (χ0) is 22.1. The summed E-state index contributed by atoms with van der Waals surface area (Å²) >= 11 is 0. The van der Waals surface area contributed by atoms with Crippen molar-refractivity contribution in [3.63, 3.8) is 0 Å². The highest BCUT2D eigenvalue weighted by molar-refractivity contribution is 5.91. The van der Waals surface area contributed by atoms with Crippen LogP contribution in [0.2, 0.25) is 0 Å². The van der Waals surface area contributed by atoms with Crippen LogP contribution in [-0.4, -0.2) is 29.9 Å². The monoisotopic (exact) mass is 416 g/mol. The number of carbonyl (C=O) groups excluding carboxylic acids is 2. The predicted molar refractivity (Wildman–Crippen MR) is 123 cm³/mol. The zero-order valence-corrected chi connectivity index (χ0v) is 18.0. The van der Waals surface area contributed by atoms with Gasteiger partial charge in [-0.25, -0.2) is 0 Å². The molecule has 160 valence electrons. The maximum atomic E-state index is 12.6. The number of carbonyl (C=O) groups is 2. The Labute approximate surface area is 183 Å². The van der Waals surface area contributed by atoms with Crippen molar-refractivity contribution in [1.82, 2.24) is 4.90 Å². The first-order valence-electron chi connectivity index (χ1n) is 10.4. The molecular formula is C26H28N2O3. The Kier molecular flexibility index (Phi) is 7.96. The molecule has 3 rings (SSSR count). The molecule has 3 aromatic carbocycles. The van der Waals surface area contributed by atoms with E-state index >= 15 is 0 Å². The van der Waals surface area contributed by atoms with Gasteiger partial charge in [0, 0.05) is 25.7 Å².